The Morgan fingerprint density at radius 3 is 2.40 bits per heavy atom. The first-order valence-corrected chi connectivity index (χ1v) is 1.72. The van der Waals surface area contributed by atoms with Crippen LogP contribution in [0.25, 0.3) is 0 Å². The van der Waals surface area contributed by atoms with Crippen molar-refractivity contribution in [3.05, 3.63) is 12.2 Å². The monoisotopic (exact) mass is 71.1 g/mol. The van der Waals surface area contributed by atoms with Gasteiger partial charge in [0.1, 0.15) is 0 Å². The topological polar surface area (TPSA) is 0 Å². The van der Waals surface area contributed by atoms with E-state index >= 15 is 0 Å². The highest BCUT2D eigenvalue weighted by atomic mass is 13.7. The summed E-state index contributed by atoms with van der Waals surface area (Å²) in [5.74, 6) is 0. The lowest BCUT2D eigenvalue weighted by Gasteiger charge is -1.79. The summed E-state index contributed by atoms with van der Waals surface area (Å²) in [5.41, 5.74) is 0.926. The van der Waals surface area contributed by atoms with Gasteiger partial charge in [0.05, 0.1) is 0 Å². The molecular formula is C5H10. The molecule has 0 nitrogen and oxygen atoms in total. The normalized spacial score (nSPS) is 16.8. The van der Waals surface area contributed by atoms with Gasteiger partial charge in [0.25, 0.3) is 0 Å². The molecule has 0 aliphatic heterocycles. The van der Waals surface area contributed by atoms with Crippen LogP contribution in [0.1, 0.15) is 21.6 Å². The second-order valence-electron chi connectivity index (χ2n) is 1.14. The maximum atomic E-state index is 6.93. The molecule has 0 aromatic rings. The molecule has 0 unspecified atom stereocenters. The second-order valence-corrected chi connectivity index (χ2v) is 1.14. The molecule has 0 radical (unpaired) electrons. The fourth-order valence-electron chi connectivity index (χ4n) is 0. The van der Waals surface area contributed by atoms with Crippen LogP contribution in [-0.4, -0.2) is 0 Å². The Labute approximate surface area is 34.9 Å². The van der Waals surface area contributed by atoms with Crippen molar-refractivity contribution in [1.29, 1.82) is 0 Å². The Balaban J connectivity index is 3.26. The predicted octanol–water partition coefficient (Wildman–Crippen LogP) is 1.97. The molecule has 30 valence electrons. The van der Waals surface area contributed by atoms with Gasteiger partial charge in [-0.05, 0) is 13.3 Å². The number of allylic oxidation sites excluding steroid dienone is 1. The largest absolute Gasteiger partial charge is 0.100 e. The molecule has 1 atom stereocenters. The zero-order valence-corrected chi connectivity index (χ0v) is 3.78. The van der Waals surface area contributed by atoms with Crippen LogP contribution in [0.4, 0.5) is 0 Å². The molecule has 0 aliphatic rings. The lowest BCUT2D eigenvalue weighted by Crippen LogP contribution is -1.58. The lowest BCUT2D eigenvalue weighted by molar-refractivity contribution is 1.11. The molecule has 0 saturated carbocycles. The van der Waals surface area contributed by atoms with E-state index in [1.54, 1.807) is 0 Å². The smallest absolute Gasteiger partial charge is 0.0309 e. The Morgan fingerprint density at radius 2 is 2.40 bits per heavy atom. The molecule has 0 fully saturated rings. The highest BCUT2D eigenvalue weighted by Crippen LogP contribution is 1.88. The lowest BCUT2D eigenvalue weighted by atomic mass is 10.3. The molecule has 0 spiro atoms. The summed E-state index contributed by atoms with van der Waals surface area (Å²) in [5, 5.41) is 0. The molecule has 0 aromatic heterocycles. The van der Waals surface area contributed by atoms with Crippen LogP contribution in [0.3, 0.4) is 0 Å². The summed E-state index contributed by atoms with van der Waals surface area (Å²) in [7, 11) is 0. The Kier molecular flexibility index (Phi) is 1.18. The fourth-order valence-corrected chi connectivity index (χ4v) is 0. The third-order valence-corrected chi connectivity index (χ3v) is 0.493. The average Bonchev–Trinajstić information content (AvgIpc) is 1.36. The highest BCUT2D eigenvalue weighted by Gasteiger charge is 1.67. The van der Waals surface area contributed by atoms with E-state index in [0.29, 0.717) is 0 Å². The number of rotatable bonds is 1. The van der Waals surface area contributed by atoms with E-state index in [-0.39, 0.29) is 6.40 Å². The summed E-state index contributed by atoms with van der Waals surface area (Å²) >= 11 is 0. The molecule has 0 bridgehead atoms. The molecular weight excluding hydrogens is 60.1 g/mol. The predicted molar refractivity (Wildman–Crippen MR) is 25.1 cm³/mol. The minimum absolute atomic E-state index is 0.0926. The molecule has 0 saturated heterocycles. The van der Waals surface area contributed by atoms with E-state index in [1.165, 1.54) is 0 Å². The van der Waals surface area contributed by atoms with Gasteiger partial charge >= 0.3 is 0 Å². The van der Waals surface area contributed by atoms with Crippen LogP contribution in [0.2, 0.25) is 0 Å². The quantitative estimate of drug-likeness (QED) is 0.414. The molecule has 0 aromatic carbocycles. The Bertz CT molecular complexity index is 55.0. The molecule has 0 heterocycles. The standard InChI is InChI=1S/C5H10/c1-4-5(2)3/h2,4H2,1,3H3/i4D/t4-/m1/s1. The summed E-state index contributed by atoms with van der Waals surface area (Å²) in [6.45, 7) is 7.23. The first-order chi connectivity index (χ1) is 2.64. The van der Waals surface area contributed by atoms with Crippen molar-refractivity contribution in [3.63, 3.8) is 0 Å². The van der Waals surface area contributed by atoms with E-state index < -0.39 is 0 Å². The zero-order valence-electron chi connectivity index (χ0n) is 4.78. The maximum absolute atomic E-state index is 6.93. The van der Waals surface area contributed by atoms with Crippen molar-refractivity contribution < 1.29 is 1.37 Å². The zero-order chi connectivity index (χ0) is 5.15. The molecule has 0 amide bonds. The van der Waals surface area contributed by atoms with Gasteiger partial charge in [-0.3, -0.25) is 0 Å². The minimum atomic E-state index is -0.0926. The molecule has 0 aliphatic carbocycles. The van der Waals surface area contributed by atoms with Crippen molar-refractivity contribution in [2.45, 2.75) is 20.2 Å². The Hall–Kier alpha value is -0.260. The molecule has 0 N–H and O–H groups in total. The summed E-state index contributed by atoms with van der Waals surface area (Å²) in [4.78, 5) is 0. The van der Waals surface area contributed by atoms with Crippen molar-refractivity contribution in [1.82, 2.24) is 0 Å². The molecule has 0 heteroatoms. The van der Waals surface area contributed by atoms with Crippen molar-refractivity contribution in [2.75, 3.05) is 0 Å². The molecule has 0 rings (SSSR count). The van der Waals surface area contributed by atoms with Gasteiger partial charge in [0.15, 0.2) is 0 Å². The first kappa shape index (κ1) is 2.95. The van der Waals surface area contributed by atoms with E-state index in [4.69, 9.17) is 1.37 Å². The molecule has 5 heavy (non-hydrogen) atoms. The van der Waals surface area contributed by atoms with Crippen LogP contribution in [0.5, 0.6) is 0 Å². The number of hydrogen-bond donors (Lipinski definition) is 0. The van der Waals surface area contributed by atoms with Crippen LogP contribution in [0, 0.1) is 0 Å². The third-order valence-electron chi connectivity index (χ3n) is 0.493. The van der Waals surface area contributed by atoms with Gasteiger partial charge in [-0.15, -0.1) is 6.58 Å². The van der Waals surface area contributed by atoms with Crippen LogP contribution in [-0.2, 0) is 0 Å². The van der Waals surface area contributed by atoms with Gasteiger partial charge in [-0.1, -0.05) is 12.5 Å². The van der Waals surface area contributed by atoms with E-state index in [2.05, 4.69) is 6.58 Å². The van der Waals surface area contributed by atoms with E-state index in [9.17, 15) is 0 Å². The van der Waals surface area contributed by atoms with Gasteiger partial charge in [-0.2, -0.15) is 0 Å². The van der Waals surface area contributed by atoms with Crippen LogP contribution >= 0.6 is 0 Å². The first-order valence-electron chi connectivity index (χ1n) is 2.30. The number of hydrogen-bond acceptors (Lipinski definition) is 0. The third kappa shape index (κ3) is 3.74. The Morgan fingerprint density at radius 1 is 2.20 bits per heavy atom. The van der Waals surface area contributed by atoms with Gasteiger partial charge < -0.3 is 0 Å². The van der Waals surface area contributed by atoms with Crippen LogP contribution < -0.4 is 0 Å². The SMILES string of the molecule is [2H][C@H](C)C(=C)C. The average molecular weight is 71.1 g/mol. The van der Waals surface area contributed by atoms with Crippen LogP contribution in [0.15, 0.2) is 12.2 Å². The summed E-state index contributed by atoms with van der Waals surface area (Å²) in [6.07, 6.45) is -0.0926. The minimum Gasteiger partial charge on any atom is -0.100 e. The van der Waals surface area contributed by atoms with Crippen molar-refractivity contribution in [3.8, 4) is 0 Å². The van der Waals surface area contributed by atoms with E-state index in [1.807, 2.05) is 13.8 Å². The van der Waals surface area contributed by atoms with Gasteiger partial charge in [0, 0.05) is 1.37 Å². The van der Waals surface area contributed by atoms with Crippen molar-refractivity contribution >= 4 is 0 Å². The summed E-state index contributed by atoms with van der Waals surface area (Å²) in [6, 6.07) is 0. The summed E-state index contributed by atoms with van der Waals surface area (Å²) < 4.78 is 6.93. The maximum Gasteiger partial charge on any atom is 0.0309 e. The van der Waals surface area contributed by atoms with E-state index in [0.717, 1.165) is 5.57 Å². The van der Waals surface area contributed by atoms with Gasteiger partial charge in [0.2, 0.25) is 0 Å². The fraction of sp³-hybridized carbons (Fsp3) is 0.600. The van der Waals surface area contributed by atoms with Gasteiger partial charge in [-0.25, -0.2) is 0 Å². The van der Waals surface area contributed by atoms with Crippen molar-refractivity contribution in [2.24, 2.45) is 0 Å². The highest BCUT2D eigenvalue weighted by molar-refractivity contribution is 4.84. The second kappa shape index (κ2) is 2.01.